The summed E-state index contributed by atoms with van der Waals surface area (Å²) >= 11 is 0. The van der Waals surface area contributed by atoms with E-state index in [2.05, 4.69) is 4.74 Å². The van der Waals surface area contributed by atoms with Crippen LogP contribution in [0.3, 0.4) is 0 Å². The number of ether oxygens (including phenoxy) is 1. The van der Waals surface area contributed by atoms with Crippen LogP contribution in [0, 0.1) is 0 Å². The first-order valence-electron chi connectivity index (χ1n) is 6.00. The molecule has 0 aromatic carbocycles. The summed E-state index contributed by atoms with van der Waals surface area (Å²) in [6.07, 6.45) is -9.74. The Morgan fingerprint density at radius 3 is 1.65 bits per heavy atom. The maximum Gasteiger partial charge on any atom is 0.460 e. The van der Waals surface area contributed by atoms with Gasteiger partial charge in [0.25, 0.3) is 0 Å². The molecule has 138 valence electrons. The molecule has 0 saturated heterocycles. The molecule has 1 atom stereocenters. The quantitative estimate of drug-likeness (QED) is 0.489. The predicted molar refractivity (Wildman–Crippen MR) is 56.3 cm³/mol. The number of carbonyl (C=O) groups is 1. The van der Waals surface area contributed by atoms with Crippen LogP contribution in [0.25, 0.3) is 0 Å². The molecule has 2 nitrogen and oxygen atoms in total. The zero-order valence-electron chi connectivity index (χ0n) is 11.7. The molecule has 0 spiro atoms. The van der Waals surface area contributed by atoms with Crippen molar-refractivity contribution in [2.75, 3.05) is 6.61 Å². The van der Waals surface area contributed by atoms with Gasteiger partial charge in [0.1, 0.15) is 0 Å². The van der Waals surface area contributed by atoms with Crippen molar-refractivity contribution < 1.29 is 53.4 Å². The fourth-order valence-electron chi connectivity index (χ4n) is 1.13. The van der Waals surface area contributed by atoms with Gasteiger partial charge in [-0.2, -0.15) is 39.5 Å². The third-order valence-electron chi connectivity index (χ3n) is 2.95. The van der Waals surface area contributed by atoms with Gasteiger partial charge in [0.2, 0.25) is 5.67 Å². The highest BCUT2D eigenvalue weighted by Gasteiger charge is 2.81. The first kappa shape index (κ1) is 21.8. The van der Waals surface area contributed by atoms with E-state index in [4.69, 9.17) is 0 Å². The fraction of sp³-hybridized carbons (Fsp3) is 0.909. The van der Waals surface area contributed by atoms with Gasteiger partial charge in [-0.3, -0.25) is 0 Å². The van der Waals surface area contributed by atoms with Crippen LogP contribution in [-0.4, -0.2) is 42.2 Å². The Hall–Kier alpha value is -1.23. The largest absolute Gasteiger partial charge is 0.463 e. The van der Waals surface area contributed by atoms with Crippen LogP contribution >= 0.6 is 0 Å². The van der Waals surface area contributed by atoms with E-state index in [1.165, 1.54) is 0 Å². The monoisotopic (exact) mass is 366 g/mol. The van der Waals surface area contributed by atoms with E-state index in [-0.39, 0.29) is 0 Å². The van der Waals surface area contributed by atoms with Gasteiger partial charge < -0.3 is 4.74 Å². The van der Waals surface area contributed by atoms with Gasteiger partial charge in [0, 0.05) is 0 Å². The lowest BCUT2D eigenvalue weighted by molar-refractivity contribution is -0.397. The number of esters is 1. The highest BCUT2D eigenvalue weighted by Crippen LogP contribution is 2.53. The van der Waals surface area contributed by atoms with Crippen LogP contribution in [0.5, 0.6) is 0 Å². The Balaban J connectivity index is 5.04. The van der Waals surface area contributed by atoms with E-state index >= 15 is 0 Å². The highest BCUT2D eigenvalue weighted by atomic mass is 19.4. The molecule has 0 heterocycles. The third kappa shape index (κ3) is 4.19. The summed E-state index contributed by atoms with van der Waals surface area (Å²) in [5.74, 6) is -21.4. The van der Waals surface area contributed by atoms with Gasteiger partial charge in [-0.15, -0.1) is 0 Å². The average molecular weight is 366 g/mol. The minimum atomic E-state index is -7.01. The van der Waals surface area contributed by atoms with Crippen molar-refractivity contribution in [2.45, 2.75) is 56.3 Å². The topological polar surface area (TPSA) is 26.3 Å². The molecule has 0 aromatic heterocycles. The second-order valence-corrected chi connectivity index (χ2v) is 4.79. The van der Waals surface area contributed by atoms with E-state index < -0.39 is 55.0 Å². The highest BCUT2D eigenvalue weighted by molar-refractivity contribution is 5.78. The molecular formula is C11H12F10O2. The maximum absolute atomic E-state index is 13.3. The Bertz CT molecular complexity index is 427. The average Bonchev–Trinajstić information content (AvgIpc) is 2.36. The molecule has 23 heavy (non-hydrogen) atoms. The molecule has 0 aliphatic heterocycles. The first-order valence-corrected chi connectivity index (χ1v) is 6.00. The van der Waals surface area contributed by atoms with Crippen LogP contribution in [-0.2, 0) is 9.53 Å². The molecule has 0 radical (unpaired) electrons. The number of hydrogen-bond donors (Lipinski definition) is 0. The van der Waals surface area contributed by atoms with E-state index in [0.717, 1.165) is 6.92 Å². The lowest BCUT2D eigenvalue weighted by Gasteiger charge is -2.33. The second kappa shape index (κ2) is 6.34. The third-order valence-corrected chi connectivity index (χ3v) is 2.95. The van der Waals surface area contributed by atoms with E-state index in [1.807, 2.05) is 0 Å². The van der Waals surface area contributed by atoms with Gasteiger partial charge in [-0.1, -0.05) is 6.92 Å². The molecule has 0 rings (SSSR count). The molecule has 0 amide bonds. The molecular weight excluding hydrogens is 354 g/mol. The van der Waals surface area contributed by atoms with Crippen molar-refractivity contribution in [1.29, 1.82) is 0 Å². The van der Waals surface area contributed by atoms with Crippen molar-refractivity contribution in [1.82, 2.24) is 0 Å². The van der Waals surface area contributed by atoms with Crippen LogP contribution in [0.15, 0.2) is 0 Å². The predicted octanol–water partition coefficient (Wildman–Crippen LogP) is 4.53. The maximum atomic E-state index is 13.3. The lowest BCUT2D eigenvalue weighted by Crippen LogP contribution is -2.61. The lowest BCUT2D eigenvalue weighted by atomic mass is 10.0. The summed E-state index contributed by atoms with van der Waals surface area (Å²) in [6.45, 7) is 0.169. The van der Waals surface area contributed by atoms with Gasteiger partial charge in [0.15, 0.2) is 0 Å². The van der Waals surface area contributed by atoms with Gasteiger partial charge >= 0.3 is 29.9 Å². The van der Waals surface area contributed by atoms with Gasteiger partial charge in [0.05, 0.1) is 13.0 Å². The molecule has 0 aliphatic carbocycles. The number of rotatable bonds is 7. The minimum Gasteiger partial charge on any atom is -0.463 e. The van der Waals surface area contributed by atoms with Crippen molar-refractivity contribution in [2.24, 2.45) is 0 Å². The van der Waals surface area contributed by atoms with E-state index in [1.54, 1.807) is 0 Å². The number of hydrogen-bond acceptors (Lipinski definition) is 2. The molecule has 12 heteroatoms. The Labute approximate surface area is 123 Å². The fourth-order valence-corrected chi connectivity index (χ4v) is 1.13. The molecule has 1 unspecified atom stereocenters. The minimum absolute atomic E-state index is 0.468. The summed E-state index contributed by atoms with van der Waals surface area (Å²) < 4.78 is 129. The summed E-state index contributed by atoms with van der Waals surface area (Å²) in [7, 11) is 0. The van der Waals surface area contributed by atoms with Crippen molar-refractivity contribution in [3.05, 3.63) is 0 Å². The summed E-state index contributed by atoms with van der Waals surface area (Å²) in [5, 5.41) is 0. The molecule has 0 N–H and O–H groups in total. The van der Waals surface area contributed by atoms with E-state index in [9.17, 15) is 48.7 Å². The standard InChI is InChI=1S/C11H12F10O2/c1-3-7(2,12)6(22)23-5-4-8(13,14)9(15,16)10(17,18)11(19,20)21/h3-5H2,1-2H3. The summed E-state index contributed by atoms with van der Waals surface area (Å²) in [4.78, 5) is 11.0. The van der Waals surface area contributed by atoms with Crippen molar-refractivity contribution >= 4 is 5.97 Å². The second-order valence-electron chi connectivity index (χ2n) is 4.79. The van der Waals surface area contributed by atoms with Crippen LogP contribution < -0.4 is 0 Å². The first-order chi connectivity index (χ1) is 9.94. The molecule has 0 fully saturated rings. The molecule has 0 bridgehead atoms. The number of carbonyl (C=O) groups excluding carboxylic acids is 1. The van der Waals surface area contributed by atoms with Crippen molar-refractivity contribution in [3.63, 3.8) is 0 Å². The number of alkyl halides is 10. The Kier molecular flexibility index (Phi) is 6.01. The zero-order chi connectivity index (χ0) is 18.9. The molecule has 0 aromatic rings. The van der Waals surface area contributed by atoms with E-state index in [0.29, 0.717) is 6.92 Å². The van der Waals surface area contributed by atoms with Crippen LogP contribution in [0.1, 0.15) is 26.7 Å². The molecule has 0 saturated carbocycles. The van der Waals surface area contributed by atoms with Crippen LogP contribution in [0.2, 0.25) is 0 Å². The van der Waals surface area contributed by atoms with Gasteiger partial charge in [-0.25, -0.2) is 9.18 Å². The SMILES string of the molecule is CCC(C)(F)C(=O)OCCC(F)(F)C(F)(F)C(F)(F)C(F)(F)F. The zero-order valence-corrected chi connectivity index (χ0v) is 11.7. The smallest absolute Gasteiger partial charge is 0.460 e. The molecule has 0 aliphatic rings. The number of halogens is 10. The van der Waals surface area contributed by atoms with Crippen LogP contribution in [0.4, 0.5) is 43.9 Å². The van der Waals surface area contributed by atoms with Crippen molar-refractivity contribution in [3.8, 4) is 0 Å². The Morgan fingerprint density at radius 1 is 0.870 bits per heavy atom. The summed E-state index contributed by atoms with van der Waals surface area (Å²) in [6, 6.07) is 0. The van der Waals surface area contributed by atoms with Gasteiger partial charge in [-0.05, 0) is 13.3 Å². The summed E-state index contributed by atoms with van der Waals surface area (Å²) in [5.41, 5.74) is -2.65. The normalized spacial score (nSPS) is 16.9. The Morgan fingerprint density at radius 2 is 1.30 bits per heavy atom.